The molecule has 0 radical (unpaired) electrons. The van der Waals surface area contributed by atoms with E-state index in [1.54, 1.807) is 0 Å². The van der Waals surface area contributed by atoms with Crippen LogP contribution in [0.15, 0.2) is 224 Å². The molecule has 0 aliphatic heterocycles. The summed E-state index contributed by atoms with van der Waals surface area (Å²) >= 11 is 0. The van der Waals surface area contributed by atoms with E-state index in [0.717, 1.165) is 17.1 Å². The lowest BCUT2D eigenvalue weighted by Crippen LogP contribution is -2.14. The first kappa shape index (κ1) is 35.7. The van der Waals surface area contributed by atoms with Gasteiger partial charge in [-0.3, -0.25) is 0 Å². The third kappa shape index (κ3) is 6.10. The first-order valence-corrected chi connectivity index (χ1v) is 20.9. The molecular weight excluding hydrogens is 723 g/mol. The van der Waals surface area contributed by atoms with E-state index >= 15 is 0 Å². The highest BCUT2D eigenvalue weighted by molar-refractivity contribution is 5.97. The molecular formula is C59H43N. The van der Waals surface area contributed by atoms with Crippen molar-refractivity contribution < 1.29 is 0 Å². The van der Waals surface area contributed by atoms with E-state index in [1.165, 1.54) is 88.3 Å². The number of hydrogen-bond donors (Lipinski definition) is 0. The molecule has 0 heterocycles. The molecule has 0 saturated heterocycles. The molecule has 11 rings (SSSR count). The molecule has 1 aliphatic carbocycles. The lowest BCUT2D eigenvalue weighted by Gasteiger charge is -2.27. The SMILES string of the molecule is CC1(C)c2ccccc2-c2c(-c3ccc(N(c4ccc(-c5cccc6ccccc56)cc4)c4cccc(-c5ccc(-c6ccc7ccccc7c6)cc5)c4)cc3)cccc21. The predicted octanol–water partition coefficient (Wildman–Crippen LogP) is 16.4. The molecule has 0 unspecified atom stereocenters. The van der Waals surface area contributed by atoms with Crippen LogP contribution in [0.5, 0.6) is 0 Å². The van der Waals surface area contributed by atoms with E-state index in [-0.39, 0.29) is 5.41 Å². The summed E-state index contributed by atoms with van der Waals surface area (Å²) in [6.45, 7) is 4.70. The molecule has 10 aromatic carbocycles. The molecule has 10 aromatic rings. The second kappa shape index (κ2) is 14.4. The zero-order valence-corrected chi connectivity index (χ0v) is 33.8. The maximum Gasteiger partial charge on any atom is 0.0467 e. The third-order valence-corrected chi connectivity index (χ3v) is 12.7. The molecule has 0 atom stereocenters. The smallest absolute Gasteiger partial charge is 0.0467 e. The second-order valence-corrected chi connectivity index (χ2v) is 16.5. The minimum absolute atomic E-state index is 0.0430. The zero-order chi connectivity index (χ0) is 40.2. The van der Waals surface area contributed by atoms with Crippen molar-refractivity contribution in [3.63, 3.8) is 0 Å². The van der Waals surface area contributed by atoms with Gasteiger partial charge in [0.15, 0.2) is 0 Å². The Labute approximate surface area is 352 Å². The van der Waals surface area contributed by atoms with Crippen LogP contribution >= 0.6 is 0 Å². The van der Waals surface area contributed by atoms with E-state index in [9.17, 15) is 0 Å². The molecule has 0 spiro atoms. The third-order valence-electron chi connectivity index (χ3n) is 12.7. The van der Waals surface area contributed by atoms with Crippen molar-refractivity contribution in [2.75, 3.05) is 4.90 Å². The monoisotopic (exact) mass is 765 g/mol. The Morgan fingerprint density at radius 3 is 1.55 bits per heavy atom. The lowest BCUT2D eigenvalue weighted by atomic mass is 9.82. The molecule has 0 N–H and O–H groups in total. The first-order valence-electron chi connectivity index (χ1n) is 20.9. The Morgan fingerprint density at radius 1 is 0.300 bits per heavy atom. The molecule has 0 saturated carbocycles. The summed E-state index contributed by atoms with van der Waals surface area (Å²) in [5.41, 5.74) is 18.5. The Hall–Kier alpha value is -7.48. The van der Waals surface area contributed by atoms with Gasteiger partial charge in [-0.2, -0.15) is 0 Å². The Balaban J connectivity index is 0.982. The van der Waals surface area contributed by atoms with Crippen LogP contribution < -0.4 is 4.90 Å². The number of hydrogen-bond acceptors (Lipinski definition) is 1. The normalized spacial score (nSPS) is 12.6. The van der Waals surface area contributed by atoms with Crippen molar-refractivity contribution in [1.82, 2.24) is 0 Å². The summed E-state index contributed by atoms with van der Waals surface area (Å²) in [7, 11) is 0. The highest BCUT2D eigenvalue weighted by Gasteiger charge is 2.36. The highest BCUT2D eigenvalue weighted by Crippen LogP contribution is 2.52. The van der Waals surface area contributed by atoms with Crippen LogP contribution in [0.25, 0.3) is 77.2 Å². The minimum Gasteiger partial charge on any atom is -0.310 e. The van der Waals surface area contributed by atoms with E-state index in [4.69, 9.17) is 0 Å². The van der Waals surface area contributed by atoms with Crippen LogP contribution in [-0.2, 0) is 5.41 Å². The molecule has 60 heavy (non-hydrogen) atoms. The molecule has 0 fully saturated rings. The van der Waals surface area contributed by atoms with Crippen LogP contribution in [-0.4, -0.2) is 0 Å². The fourth-order valence-electron chi connectivity index (χ4n) is 9.55. The summed E-state index contributed by atoms with van der Waals surface area (Å²) in [5.74, 6) is 0. The summed E-state index contributed by atoms with van der Waals surface area (Å²) in [6.07, 6.45) is 0. The van der Waals surface area contributed by atoms with E-state index in [2.05, 4.69) is 243 Å². The van der Waals surface area contributed by atoms with Gasteiger partial charge >= 0.3 is 0 Å². The largest absolute Gasteiger partial charge is 0.310 e. The number of anilines is 3. The number of fused-ring (bicyclic) bond motifs is 5. The van der Waals surface area contributed by atoms with Crippen molar-refractivity contribution in [1.29, 1.82) is 0 Å². The number of rotatable bonds is 7. The standard InChI is InChI=1S/C59H43N/c1-59(2)56-22-8-7-19-55(56)58-54(21-11-23-57(58)59)45-32-36-50(37-33-45)60(49-34-30-44(31-35-49)53-20-10-15-43-13-5-6-18-52(43)53)51-17-9-16-47(39-51)41-24-26-42(27-25-41)48-29-28-40-12-3-4-14-46(40)38-48/h3-39H,1-2H3. The van der Waals surface area contributed by atoms with Gasteiger partial charge in [0.25, 0.3) is 0 Å². The van der Waals surface area contributed by atoms with Crippen molar-refractivity contribution in [2.45, 2.75) is 19.3 Å². The van der Waals surface area contributed by atoms with Gasteiger partial charge in [0.05, 0.1) is 0 Å². The topological polar surface area (TPSA) is 3.24 Å². The fourth-order valence-corrected chi connectivity index (χ4v) is 9.55. The van der Waals surface area contributed by atoms with Gasteiger partial charge in [0.1, 0.15) is 0 Å². The number of nitrogens with zero attached hydrogens (tertiary/aromatic N) is 1. The maximum absolute atomic E-state index is 2.39. The first-order chi connectivity index (χ1) is 29.5. The summed E-state index contributed by atoms with van der Waals surface area (Å²) in [4.78, 5) is 2.39. The molecule has 1 heteroatoms. The molecule has 0 bridgehead atoms. The lowest BCUT2D eigenvalue weighted by molar-refractivity contribution is 0.660. The minimum atomic E-state index is -0.0430. The van der Waals surface area contributed by atoms with Crippen molar-refractivity contribution in [3.8, 4) is 55.6 Å². The Kier molecular flexibility index (Phi) is 8.57. The average molecular weight is 766 g/mol. The van der Waals surface area contributed by atoms with Gasteiger partial charge in [-0.15, -0.1) is 0 Å². The van der Waals surface area contributed by atoms with Gasteiger partial charge < -0.3 is 4.90 Å². The predicted molar refractivity (Wildman–Crippen MR) is 255 cm³/mol. The van der Waals surface area contributed by atoms with Gasteiger partial charge in [0, 0.05) is 22.5 Å². The maximum atomic E-state index is 2.39. The molecule has 0 amide bonds. The van der Waals surface area contributed by atoms with Gasteiger partial charge in [-0.05, 0) is 131 Å². The Bertz CT molecular complexity index is 3200. The quantitative estimate of drug-likeness (QED) is 0.156. The van der Waals surface area contributed by atoms with E-state index in [1.807, 2.05) is 0 Å². The second-order valence-electron chi connectivity index (χ2n) is 16.5. The van der Waals surface area contributed by atoms with Crippen LogP contribution in [0.3, 0.4) is 0 Å². The van der Waals surface area contributed by atoms with Crippen molar-refractivity contribution in [2.24, 2.45) is 0 Å². The summed E-state index contributed by atoms with van der Waals surface area (Å²) in [6, 6.07) is 82.3. The molecule has 1 aliphatic rings. The van der Waals surface area contributed by atoms with Crippen LogP contribution in [0.2, 0.25) is 0 Å². The van der Waals surface area contributed by atoms with E-state index < -0.39 is 0 Å². The fraction of sp³-hybridized carbons (Fsp3) is 0.0508. The number of benzene rings is 10. The summed E-state index contributed by atoms with van der Waals surface area (Å²) in [5, 5.41) is 5.03. The zero-order valence-electron chi connectivity index (χ0n) is 33.8. The van der Waals surface area contributed by atoms with Crippen LogP contribution in [0, 0.1) is 0 Å². The van der Waals surface area contributed by atoms with Crippen molar-refractivity contribution in [3.05, 3.63) is 236 Å². The van der Waals surface area contributed by atoms with Crippen molar-refractivity contribution >= 4 is 38.6 Å². The molecule has 284 valence electrons. The van der Waals surface area contributed by atoms with Gasteiger partial charge in [-0.1, -0.05) is 196 Å². The van der Waals surface area contributed by atoms with Gasteiger partial charge in [-0.25, -0.2) is 0 Å². The van der Waals surface area contributed by atoms with Gasteiger partial charge in [0.2, 0.25) is 0 Å². The molecule has 0 aromatic heterocycles. The average Bonchev–Trinajstić information content (AvgIpc) is 3.55. The van der Waals surface area contributed by atoms with Crippen LogP contribution in [0.1, 0.15) is 25.0 Å². The Morgan fingerprint density at radius 2 is 0.800 bits per heavy atom. The highest BCUT2D eigenvalue weighted by atomic mass is 15.1. The summed E-state index contributed by atoms with van der Waals surface area (Å²) < 4.78 is 0. The van der Waals surface area contributed by atoms with Crippen LogP contribution in [0.4, 0.5) is 17.1 Å². The van der Waals surface area contributed by atoms with E-state index in [0.29, 0.717) is 0 Å². The molecule has 1 nitrogen and oxygen atoms in total.